The van der Waals surface area contributed by atoms with E-state index in [-0.39, 0.29) is 18.3 Å². The molecule has 35 heavy (non-hydrogen) atoms. The first-order valence-electron chi connectivity index (χ1n) is 10.8. The predicted octanol–water partition coefficient (Wildman–Crippen LogP) is 4.42. The van der Waals surface area contributed by atoms with E-state index in [0.29, 0.717) is 39.9 Å². The molecule has 4 rings (SSSR count). The third-order valence-corrected chi connectivity index (χ3v) is 5.61. The summed E-state index contributed by atoms with van der Waals surface area (Å²) in [7, 11) is 4.42. The van der Waals surface area contributed by atoms with Gasteiger partial charge in [0.1, 0.15) is 11.6 Å². The molecule has 1 unspecified atom stereocenters. The van der Waals surface area contributed by atoms with Crippen LogP contribution in [0.5, 0.6) is 23.0 Å². The number of carbonyl (C=O) groups is 2. The van der Waals surface area contributed by atoms with Crippen LogP contribution in [0.15, 0.2) is 54.6 Å². The molecule has 0 fully saturated rings. The number of hydrogen-bond acceptors (Lipinski definition) is 6. The summed E-state index contributed by atoms with van der Waals surface area (Å²) < 4.78 is 35.0. The lowest BCUT2D eigenvalue weighted by Gasteiger charge is -2.33. The highest BCUT2D eigenvalue weighted by Crippen LogP contribution is 2.39. The van der Waals surface area contributed by atoms with Crippen molar-refractivity contribution in [3.8, 4) is 23.0 Å². The minimum atomic E-state index is -0.678. The number of methoxy groups -OCH3 is 3. The monoisotopic (exact) mass is 480 g/mol. The van der Waals surface area contributed by atoms with Crippen molar-refractivity contribution in [1.29, 1.82) is 0 Å². The van der Waals surface area contributed by atoms with Crippen molar-refractivity contribution in [2.45, 2.75) is 19.6 Å². The van der Waals surface area contributed by atoms with Gasteiger partial charge >= 0.3 is 0 Å². The maximum atomic E-state index is 13.3. The second-order valence-electron chi connectivity index (χ2n) is 7.86. The molecule has 0 aliphatic carbocycles. The maximum Gasteiger partial charge on any atom is 0.268 e. The lowest BCUT2D eigenvalue weighted by atomic mass is 10.1. The number of anilines is 2. The fourth-order valence-electron chi connectivity index (χ4n) is 3.84. The van der Waals surface area contributed by atoms with Crippen molar-refractivity contribution in [3.63, 3.8) is 0 Å². The molecule has 1 heterocycles. The normalized spacial score (nSPS) is 14.6. The van der Waals surface area contributed by atoms with Gasteiger partial charge in [0.15, 0.2) is 17.6 Å². The van der Waals surface area contributed by atoms with Crippen LogP contribution in [0.2, 0.25) is 0 Å². The van der Waals surface area contributed by atoms with Crippen molar-refractivity contribution in [2.75, 3.05) is 31.5 Å². The molecule has 1 aliphatic heterocycles. The summed E-state index contributed by atoms with van der Waals surface area (Å²) >= 11 is 0. The van der Waals surface area contributed by atoms with Gasteiger partial charge < -0.3 is 29.2 Å². The quantitative estimate of drug-likeness (QED) is 0.539. The number of rotatable bonds is 7. The number of carbonyl (C=O) groups excluding carboxylic acids is 2. The molecule has 0 spiro atoms. The molecule has 0 saturated carbocycles. The van der Waals surface area contributed by atoms with Gasteiger partial charge in [-0.1, -0.05) is 12.1 Å². The highest BCUT2D eigenvalue weighted by atomic mass is 19.1. The van der Waals surface area contributed by atoms with Crippen LogP contribution < -0.4 is 29.2 Å². The molecule has 1 aliphatic rings. The average molecular weight is 480 g/mol. The number of nitrogens with one attached hydrogen (secondary N) is 1. The molecule has 0 aromatic heterocycles. The van der Waals surface area contributed by atoms with Gasteiger partial charge in [-0.3, -0.25) is 9.59 Å². The van der Waals surface area contributed by atoms with Crippen LogP contribution in [0.4, 0.5) is 15.8 Å². The molecule has 0 saturated heterocycles. The van der Waals surface area contributed by atoms with E-state index in [9.17, 15) is 14.0 Å². The van der Waals surface area contributed by atoms with Gasteiger partial charge in [-0.05, 0) is 55.0 Å². The van der Waals surface area contributed by atoms with Crippen LogP contribution in [-0.4, -0.2) is 39.2 Å². The average Bonchev–Trinajstić information content (AvgIpc) is 2.87. The van der Waals surface area contributed by atoms with Crippen LogP contribution in [0.1, 0.15) is 22.8 Å². The Labute approximate surface area is 202 Å². The molecule has 1 N–H and O–H groups in total. The lowest BCUT2D eigenvalue weighted by Crippen LogP contribution is -2.44. The summed E-state index contributed by atoms with van der Waals surface area (Å²) in [6, 6.07) is 14.1. The molecule has 0 bridgehead atoms. The van der Waals surface area contributed by atoms with Crippen molar-refractivity contribution < 1.29 is 32.9 Å². The minimum Gasteiger partial charge on any atom is -0.493 e. The largest absolute Gasteiger partial charge is 0.493 e. The summed E-state index contributed by atoms with van der Waals surface area (Å²) in [5.74, 6) is 0.571. The number of amides is 2. The smallest absolute Gasteiger partial charge is 0.268 e. The van der Waals surface area contributed by atoms with E-state index in [0.717, 1.165) is 5.56 Å². The van der Waals surface area contributed by atoms with Gasteiger partial charge in [0, 0.05) is 11.3 Å². The second kappa shape index (κ2) is 9.92. The third kappa shape index (κ3) is 4.84. The molecule has 9 heteroatoms. The predicted molar refractivity (Wildman–Crippen MR) is 128 cm³/mol. The van der Waals surface area contributed by atoms with Crippen LogP contribution in [0, 0.1) is 5.82 Å². The molecule has 182 valence electrons. The second-order valence-corrected chi connectivity index (χ2v) is 7.86. The van der Waals surface area contributed by atoms with Crippen LogP contribution in [0.3, 0.4) is 0 Å². The van der Waals surface area contributed by atoms with Gasteiger partial charge in [0.25, 0.3) is 11.8 Å². The van der Waals surface area contributed by atoms with Gasteiger partial charge in [0.05, 0.1) is 33.6 Å². The molecule has 3 aromatic carbocycles. The summed E-state index contributed by atoms with van der Waals surface area (Å²) in [6.45, 7) is 1.90. The molecule has 2 amide bonds. The highest BCUT2D eigenvalue weighted by Gasteiger charge is 2.32. The van der Waals surface area contributed by atoms with E-state index < -0.39 is 12.0 Å². The molecular weight excluding hydrogens is 455 g/mol. The Kier molecular flexibility index (Phi) is 6.77. The van der Waals surface area contributed by atoms with Crippen LogP contribution in [0.25, 0.3) is 0 Å². The van der Waals surface area contributed by atoms with Gasteiger partial charge in [-0.25, -0.2) is 4.39 Å². The number of nitrogens with zero attached hydrogens (tertiary/aromatic N) is 1. The van der Waals surface area contributed by atoms with Gasteiger partial charge in [-0.2, -0.15) is 0 Å². The standard InChI is InChI=1S/C26H25FN2O6/c1-15-26(31)29(14-16-5-7-18(27)8-6-16)20-13-19(9-10-21(20)35-15)28-25(30)17-11-22(32-2)24(34-4)23(12-17)33-3/h5-13,15H,14H2,1-4H3,(H,28,30). The molecular formula is C26H25FN2O6. The number of hydrogen-bond donors (Lipinski definition) is 1. The van der Waals surface area contributed by atoms with E-state index in [1.165, 1.54) is 33.5 Å². The molecule has 0 radical (unpaired) electrons. The number of benzene rings is 3. The summed E-state index contributed by atoms with van der Waals surface area (Å²) in [5.41, 5.74) is 2.01. The molecule has 3 aromatic rings. The summed E-state index contributed by atoms with van der Waals surface area (Å²) in [4.78, 5) is 27.5. The van der Waals surface area contributed by atoms with E-state index >= 15 is 0 Å². The Hall–Kier alpha value is -4.27. The third-order valence-electron chi connectivity index (χ3n) is 5.61. The van der Waals surface area contributed by atoms with E-state index in [1.807, 2.05) is 0 Å². The first kappa shape index (κ1) is 23.9. The highest BCUT2D eigenvalue weighted by molar-refractivity contribution is 6.06. The minimum absolute atomic E-state index is 0.226. The SMILES string of the molecule is COc1cc(C(=O)Nc2ccc3c(c2)N(Cc2ccc(F)cc2)C(=O)C(C)O3)cc(OC)c1OC. The van der Waals surface area contributed by atoms with E-state index in [4.69, 9.17) is 18.9 Å². The Morgan fingerprint density at radius 1 is 1.00 bits per heavy atom. The summed E-state index contributed by atoms with van der Waals surface area (Å²) in [5, 5.41) is 2.83. The van der Waals surface area contributed by atoms with Crippen molar-refractivity contribution in [1.82, 2.24) is 0 Å². The fraction of sp³-hybridized carbons (Fsp3) is 0.231. The van der Waals surface area contributed by atoms with Crippen LogP contribution >= 0.6 is 0 Å². The van der Waals surface area contributed by atoms with Crippen molar-refractivity contribution in [2.24, 2.45) is 0 Å². The fourth-order valence-corrected chi connectivity index (χ4v) is 3.84. The van der Waals surface area contributed by atoms with Gasteiger partial charge in [-0.15, -0.1) is 0 Å². The Morgan fingerprint density at radius 3 is 2.26 bits per heavy atom. The van der Waals surface area contributed by atoms with E-state index in [1.54, 1.807) is 54.3 Å². The Morgan fingerprint density at radius 2 is 1.66 bits per heavy atom. The first-order chi connectivity index (χ1) is 16.8. The zero-order chi connectivity index (χ0) is 25.1. The number of ether oxygens (including phenoxy) is 4. The summed E-state index contributed by atoms with van der Waals surface area (Å²) in [6.07, 6.45) is -0.678. The van der Waals surface area contributed by atoms with Gasteiger partial charge in [0.2, 0.25) is 5.75 Å². The lowest BCUT2D eigenvalue weighted by molar-refractivity contribution is -0.125. The zero-order valence-corrected chi connectivity index (χ0v) is 19.8. The Bertz CT molecular complexity index is 1240. The zero-order valence-electron chi connectivity index (χ0n) is 19.8. The maximum absolute atomic E-state index is 13.3. The molecule has 1 atom stereocenters. The van der Waals surface area contributed by atoms with Crippen molar-refractivity contribution >= 4 is 23.2 Å². The van der Waals surface area contributed by atoms with Crippen LogP contribution in [-0.2, 0) is 11.3 Å². The first-order valence-corrected chi connectivity index (χ1v) is 10.8. The number of fused-ring (bicyclic) bond motifs is 1. The number of halogens is 1. The molecule has 8 nitrogen and oxygen atoms in total. The van der Waals surface area contributed by atoms with Crippen molar-refractivity contribution in [3.05, 3.63) is 71.5 Å². The Balaban J connectivity index is 1.63. The van der Waals surface area contributed by atoms with E-state index in [2.05, 4.69) is 5.32 Å². The topological polar surface area (TPSA) is 86.3 Å².